The maximum absolute atomic E-state index is 12.2. The van der Waals surface area contributed by atoms with Crippen LogP contribution in [-0.4, -0.2) is 23.9 Å². The Balaban J connectivity index is 2.47. The molecule has 0 saturated heterocycles. The van der Waals surface area contributed by atoms with Gasteiger partial charge in [-0.15, -0.1) is 0 Å². The first kappa shape index (κ1) is 15.6. The Hall–Kier alpha value is -1.75. The topological polar surface area (TPSA) is 55.4 Å². The molecule has 0 unspecified atom stereocenters. The lowest BCUT2D eigenvalue weighted by Crippen LogP contribution is -2.22. The molecule has 0 amide bonds. The number of fused-ring (bicyclic) bond motifs is 1. The lowest BCUT2D eigenvalue weighted by Gasteiger charge is -2.23. The SMILES string of the molecule is CCC(CC)OC1=CC(=O)C(=O)c2c(NSC)cccc21. The van der Waals surface area contributed by atoms with Crippen LogP contribution in [0.4, 0.5) is 5.69 Å². The number of ether oxygens (including phenoxy) is 1. The molecule has 0 heterocycles. The average molecular weight is 305 g/mol. The molecule has 0 saturated carbocycles. The Labute approximate surface area is 129 Å². The highest BCUT2D eigenvalue weighted by molar-refractivity contribution is 7.99. The van der Waals surface area contributed by atoms with Gasteiger partial charge in [-0.3, -0.25) is 9.59 Å². The van der Waals surface area contributed by atoms with E-state index in [4.69, 9.17) is 4.74 Å². The summed E-state index contributed by atoms with van der Waals surface area (Å²) in [5, 5.41) is 0. The molecule has 112 valence electrons. The van der Waals surface area contributed by atoms with Crippen LogP contribution in [-0.2, 0) is 9.53 Å². The van der Waals surface area contributed by atoms with Crippen molar-refractivity contribution >= 4 is 35.0 Å². The van der Waals surface area contributed by atoms with Gasteiger partial charge < -0.3 is 9.46 Å². The zero-order valence-corrected chi connectivity index (χ0v) is 13.3. The summed E-state index contributed by atoms with van der Waals surface area (Å²) in [5.74, 6) is -0.522. The van der Waals surface area contributed by atoms with E-state index < -0.39 is 11.6 Å². The monoisotopic (exact) mass is 305 g/mol. The smallest absolute Gasteiger partial charge is 0.235 e. The first-order valence-corrected chi connectivity index (χ1v) is 8.24. The minimum atomic E-state index is -0.529. The fraction of sp³-hybridized carbons (Fsp3) is 0.375. The van der Waals surface area contributed by atoms with E-state index in [1.54, 1.807) is 6.07 Å². The molecule has 0 aromatic heterocycles. The van der Waals surface area contributed by atoms with E-state index in [1.807, 2.05) is 32.2 Å². The van der Waals surface area contributed by atoms with Crippen LogP contribution in [0.15, 0.2) is 24.3 Å². The molecule has 0 aliphatic heterocycles. The maximum Gasteiger partial charge on any atom is 0.235 e. The number of carbonyl (C=O) groups excluding carboxylic acids is 2. The second-order valence-corrected chi connectivity index (χ2v) is 5.41. The van der Waals surface area contributed by atoms with Crippen molar-refractivity contribution in [3.05, 3.63) is 35.4 Å². The third-order valence-electron chi connectivity index (χ3n) is 3.46. The first-order chi connectivity index (χ1) is 10.1. The van der Waals surface area contributed by atoms with Crippen LogP contribution in [0.1, 0.15) is 42.6 Å². The molecule has 21 heavy (non-hydrogen) atoms. The molecular formula is C16H19NO3S. The molecule has 0 radical (unpaired) electrons. The van der Waals surface area contributed by atoms with Gasteiger partial charge in [-0.05, 0) is 18.9 Å². The maximum atomic E-state index is 12.2. The van der Waals surface area contributed by atoms with Crippen molar-refractivity contribution in [1.82, 2.24) is 0 Å². The molecule has 0 atom stereocenters. The normalized spacial score (nSPS) is 14.0. The highest BCUT2D eigenvalue weighted by Gasteiger charge is 2.30. The van der Waals surface area contributed by atoms with Gasteiger partial charge in [-0.1, -0.05) is 37.9 Å². The van der Waals surface area contributed by atoms with Crippen molar-refractivity contribution in [2.24, 2.45) is 0 Å². The predicted octanol–water partition coefficient (Wildman–Crippen LogP) is 3.69. The molecule has 1 aromatic carbocycles. The van der Waals surface area contributed by atoms with E-state index in [-0.39, 0.29) is 6.10 Å². The Bertz CT molecular complexity index is 591. The molecular weight excluding hydrogens is 286 g/mol. The predicted molar refractivity (Wildman–Crippen MR) is 86.3 cm³/mol. The van der Waals surface area contributed by atoms with E-state index in [9.17, 15) is 9.59 Å². The largest absolute Gasteiger partial charge is 0.490 e. The van der Waals surface area contributed by atoms with Crippen molar-refractivity contribution in [2.45, 2.75) is 32.8 Å². The van der Waals surface area contributed by atoms with Gasteiger partial charge in [-0.2, -0.15) is 0 Å². The minimum absolute atomic E-state index is 0.0438. The number of rotatable bonds is 6. The number of nitrogens with one attached hydrogen (secondary N) is 1. The summed E-state index contributed by atoms with van der Waals surface area (Å²) in [6.45, 7) is 4.08. The summed E-state index contributed by atoms with van der Waals surface area (Å²) in [6, 6.07) is 5.46. The summed E-state index contributed by atoms with van der Waals surface area (Å²) in [6.07, 6.45) is 4.93. The van der Waals surface area contributed by atoms with E-state index in [0.29, 0.717) is 22.6 Å². The Morgan fingerprint density at radius 1 is 1.24 bits per heavy atom. The summed E-state index contributed by atoms with van der Waals surface area (Å²) < 4.78 is 8.97. The van der Waals surface area contributed by atoms with Crippen molar-refractivity contribution in [3.63, 3.8) is 0 Å². The number of benzene rings is 1. The fourth-order valence-electron chi connectivity index (χ4n) is 2.32. The number of ketones is 2. The van der Waals surface area contributed by atoms with Gasteiger partial charge in [-0.25, -0.2) is 0 Å². The van der Waals surface area contributed by atoms with Gasteiger partial charge in [0.2, 0.25) is 11.6 Å². The zero-order valence-electron chi connectivity index (χ0n) is 12.4. The van der Waals surface area contributed by atoms with Crippen molar-refractivity contribution in [2.75, 3.05) is 11.0 Å². The highest BCUT2D eigenvalue weighted by atomic mass is 32.2. The molecule has 1 aliphatic carbocycles. The summed E-state index contributed by atoms with van der Waals surface area (Å²) in [5.41, 5.74) is 1.74. The molecule has 0 fully saturated rings. The molecule has 4 nitrogen and oxygen atoms in total. The molecule has 0 bridgehead atoms. The van der Waals surface area contributed by atoms with Crippen LogP contribution in [0.5, 0.6) is 0 Å². The van der Waals surface area contributed by atoms with Crippen LogP contribution in [0.3, 0.4) is 0 Å². The minimum Gasteiger partial charge on any atom is -0.490 e. The second kappa shape index (κ2) is 6.80. The van der Waals surface area contributed by atoms with Crippen LogP contribution >= 0.6 is 11.9 Å². The summed E-state index contributed by atoms with van der Waals surface area (Å²) >= 11 is 1.38. The van der Waals surface area contributed by atoms with Crippen LogP contribution < -0.4 is 4.72 Å². The van der Waals surface area contributed by atoms with E-state index in [0.717, 1.165) is 12.8 Å². The fourth-order valence-corrected chi connectivity index (χ4v) is 2.71. The first-order valence-electron chi connectivity index (χ1n) is 7.01. The molecule has 1 aromatic rings. The van der Waals surface area contributed by atoms with Crippen LogP contribution in [0.25, 0.3) is 5.76 Å². The average Bonchev–Trinajstić information content (AvgIpc) is 2.49. The molecule has 1 N–H and O–H groups in total. The van der Waals surface area contributed by atoms with E-state index in [1.165, 1.54) is 18.0 Å². The molecule has 2 rings (SSSR count). The quantitative estimate of drug-likeness (QED) is 0.641. The van der Waals surface area contributed by atoms with Crippen molar-refractivity contribution in [1.29, 1.82) is 0 Å². The molecule has 5 heteroatoms. The number of carbonyl (C=O) groups is 2. The third-order valence-corrected chi connectivity index (χ3v) is 3.88. The second-order valence-electron chi connectivity index (χ2n) is 4.79. The Kier molecular flexibility index (Phi) is 5.07. The van der Waals surface area contributed by atoms with Gasteiger partial charge in [0.05, 0.1) is 17.4 Å². The van der Waals surface area contributed by atoms with Crippen molar-refractivity contribution in [3.8, 4) is 0 Å². The van der Waals surface area contributed by atoms with Gasteiger partial charge in [0, 0.05) is 17.9 Å². The standard InChI is InChI=1S/C16H19NO3S/c1-4-10(5-2)20-14-9-13(18)16(19)15-11(14)7-6-8-12(15)17-21-3/h6-10,17H,4-5H2,1-3H3. The van der Waals surface area contributed by atoms with E-state index in [2.05, 4.69) is 4.72 Å². The number of hydrogen-bond acceptors (Lipinski definition) is 5. The molecule has 1 aliphatic rings. The Morgan fingerprint density at radius 2 is 1.95 bits per heavy atom. The van der Waals surface area contributed by atoms with Crippen LogP contribution in [0, 0.1) is 0 Å². The van der Waals surface area contributed by atoms with Gasteiger partial charge in [0.25, 0.3) is 0 Å². The van der Waals surface area contributed by atoms with Crippen LogP contribution in [0.2, 0.25) is 0 Å². The Morgan fingerprint density at radius 3 is 2.57 bits per heavy atom. The lowest BCUT2D eigenvalue weighted by molar-refractivity contribution is -0.111. The number of anilines is 1. The van der Waals surface area contributed by atoms with Gasteiger partial charge in [0.15, 0.2) is 0 Å². The van der Waals surface area contributed by atoms with Gasteiger partial charge >= 0.3 is 0 Å². The summed E-state index contributed by atoms with van der Waals surface area (Å²) in [4.78, 5) is 24.1. The highest BCUT2D eigenvalue weighted by Crippen LogP contribution is 2.33. The van der Waals surface area contributed by atoms with Gasteiger partial charge in [0.1, 0.15) is 5.76 Å². The molecule has 0 spiro atoms. The third kappa shape index (κ3) is 3.13. The zero-order chi connectivity index (χ0) is 15.4. The number of allylic oxidation sites excluding steroid dienone is 1. The number of hydrogen-bond donors (Lipinski definition) is 1. The summed E-state index contributed by atoms with van der Waals surface area (Å²) in [7, 11) is 0. The lowest BCUT2D eigenvalue weighted by atomic mass is 9.92. The van der Waals surface area contributed by atoms with E-state index >= 15 is 0 Å². The van der Waals surface area contributed by atoms with Crippen molar-refractivity contribution < 1.29 is 14.3 Å². The number of Topliss-reactive ketones (excluding diaryl/α,β-unsaturated/α-hetero) is 1.